The molecule has 0 bridgehead atoms. The third kappa shape index (κ3) is 5.07. The highest BCUT2D eigenvalue weighted by Gasteiger charge is 2.14. The zero-order chi connectivity index (χ0) is 21.7. The smallest absolute Gasteiger partial charge is 0.270 e. The van der Waals surface area contributed by atoms with Crippen LogP contribution >= 0.6 is 11.8 Å². The lowest BCUT2D eigenvalue weighted by molar-refractivity contribution is -0.113. The molecule has 3 aromatic rings. The Bertz CT molecular complexity index is 1150. The SMILES string of the molecule is Cc1ccc(-c2nc(SCC(=O)Nc3ccc(N(C)C)cc3)[nH]c(=O)c2C#N)cc1. The van der Waals surface area contributed by atoms with Crippen molar-refractivity contribution < 1.29 is 4.79 Å². The van der Waals surface area contributed by atoms with Gasteiger partial charge in [0, 0.05) is 31.0 Å². The molecule has 0 atom stereocenters. The maximum Gasteiger partial charge on any atom is 0.270 e. The molecule has 1 aromatic heterocycles. The van der Waals surface area contributed by atoms with Gasteiger partial charge in [-0.3, -0.25) is 9.59 Å². The van der Waals surface area contributed by atoms with Crippen molar-refractivity contribution in [2.24, 2.45) is 0 Å². The molecule has 0 aliphatic carbocycles. The van der Waals surface area contributed by atoms with Crippen molar-refractivity contribution in [2.75, 3.05) is 30.1 Å². The van der Waals surface area contributed by atoms with Crippen molar-refractivity contribution in [3.8, 4) is 17.3 Å². The number of aryl methyl sites for hydroxylation is 1. The summed E-state index contributed by atoms with van der Waals surface area (Å²) in [6.45, 7) is 1.95. The van der Waals surface area contributed by atoms with Crippen LogP contribution in [0.2, 0.25) is 0 Å². The van der Waals surface area contributed by atoms with E-state index in [1.54, 1.807) is 0 Å². The van der Waals surface area contributed by atoms with Gasteiger partial charge in [0.05, 0.1) is 11.4 Å². The number of H-pyrrole nitrogens is 1. The number of anilines is 2. The number of carbonyl (C=O) groups is 1. The average Bonchev–Trinajstić information content (AvgIpc) is 2.73. The summed E-state index contributed by atoms with van der Waals surface area (Å²) < 4.78 is 0. The van der Waals surface area contributed by atoms with E-state index in [0.29, 0.717) is 16.9 Å². The Labute approximate surface area is 178 Å². The molecule has 3 rings (SSSR count). The predicted octanol–water partition coefficient (Wildman–Crippen LogP) is 3.41. The highest BCUT2D eigenvalue weighted by Crippen LogP contribution is 2.23. The normalized spacial score (nSPS) is 10.3. The monoisotopic (exact) mass is 419 g/mol. The third-order valence-electron chi connectivity index (χ3n) is 4.34. The molecule has 2 N–H and O–H groups in total. The van der Waals surface area contributed by atoms with Crippen LogP contribution in [-0.2, 0) is 4.79 Å². The van der Waals surface area contributed by atoms with Gasteiger partial charge in [-0.05, 0) is 31.2 Å². The second kappa shape index (κ2) is 9.29. The van der Waals surface area contributed by atoms with Crippen molar-refractivity contribution in [3.05, 3.63) is 70.0 Å². The van der Waals surface area contributed by atoms with Crippen LogP contribution in [0.4, 0.5) is 11.4 Å². The summed E-state index contributed by atoms with van der Waals surface area (Å²) in [6, 6.07) is 16.8. The molecule has 8 heteroatoms. The van der Waals surface area contributed by atoms with E-state index >= 15 is 0 Å². The number of hydrogen-bond donors (Lipinski definition) is 2. The lowest BCUT2D eigenvalue weighted by atomic mass is 10.1. The number of thioether (sulfide) groups is 1. The first-order valence-corrected chi connectivity index (χ1v) is 10.2. The van der Waals surface area contributed by atoms with E-state index in [2.05, 4.69) is 15.3 Å². The van der Waals surface area contributed by atoms with Crippen LogP contribution in [0.1, 0.15) is 11.1 Å². The van der Waals surface area contributed by atoms with Crippen molar-refractivity contribution in [3.63, 3.8) is 0 Å². The molecular weight excluding hydrogens is 398 g/mol. The van der Waals surface area contributed by atoms with E-state index in [1.807, 2.05) is 80.5 Å². The van der Waals surface area contributed by atoms with Gasteiger partial charge in [-0.1, -0.05) is 41.6 Å². The summed E-state index contributed by atoms with van der Waals surface area (Å²) in [7, 11) is 3.89. The summed E-state index contributed by atoms with van der Waals surface area (Å²) in [5.41, 5.74) is 3.20. The van der Waals surface area contributed by atoms with Crippen molar-refractivity contribution in [1.82, 2.24) is 9.97 Å². The first-order valence-electron chi connectivity index (χ1n) is 9.19. The van der Waals surface area contributed by atoms with Crippen LogP contribution in [0, 0.1) is 18.3 Å². The summed E-state index contributed by atoms with van der Waals surface area (Å²) in [5.74, 6) is -0.154. The van der Waals surface area contributed by atoms with Crippen molar-refractivity contribution in [1.29, 1.82) is 5.26 Å². The summed E-state index contributed by atoms with van der Waals surface area (Å²) in [5, 5.41) is 12.5. The number of aromatic nitrogens is 2. The molecule has 0 spiro atoms. The lowest BCUT2D eigenvalue weighted by Crippen LogP contribution is -2.17. The fourth-order valence-corrected chi connectivity index (χ4v) is 3.38. The van der Waals surface area contributed by atoms with E-state index in [-0.39, 0.29) is 22.4 Å². The van der Waals surface area contributed by atoms with E-state index in [1.165, 1.54) is 0 Å². The molecule has 0 aliphatic rings. The first-order chi connectivity index (χ1) is 14.4. The standard InChI is InChI=1S/C22H21N5O2S/c1-14-4-6-15(7-5-14)20-18(12-23)21(29)26-22(25-20)30-13-19(28)24-16-8-10-17(11-9-16)27(2)3/h4-11H,13H2,1-3H3,(H,24,28)(H,25,26,29). The predicted molar refractivity (Wildman–Crippen MR) is 120 cm³/mol. The molecule has 30 heavy (non-hydrogen) atoms. The first kappa shape index (κ1) is 21.1. The van der Waals surface area contributed by atoms with Crippen LogP contribution in [0.3, 0.4) is 0 Å². The minimum Gasteiger partial charge on any atom is -0.378 e. The van der Waals surface area contributed by atoms with E-state index in [0.717, 1.165) is 23.0 Å². The van der Waals surface area contributed by atoms with Crippen LogP contribution in [0.15, 0.2) is 58.5 Å². The number of nitrogens with zero attached hydrogens (tertiary/aromatic N) is 3. The van der Waals surface area contributed by atoms with E-state index < -0.39 is 5.56 Å². The number of carbonyl (C=O) groups excluding carboxylic acids is 1. The zero-order valence-electron chi connectivity index (χ0n) is 16.9. The molecule has 2 aromatic carbocycles. The van der Waals surface area contributed by atoms with Gasteiger partial charge in [0.2, 0.25) is 5.91 Å². The van der Waals surface area contributed by atoms with Crippen LogP contribution in [0.25, 0.3) is 11.3 Å². The highest BCUT2D eigenvalue weighted by molar-refractivity contribution is 7.99. The van der Waals surface area contributed by atoms with Crippen LogP contribution in [0.5, 0.6) is 0 Å². The summed E-state index contributed by atoms with van der Waals surface area (Å²) >= 11 is 1.10. The molecule has 1 amide bonds. The highest BCUT2D eigenvalue weighted by atomic mass is 32.2. The fourth-order valence-electron chi connectivity index (χ4n) is 2.72. The minimum absolute atomic E-state index is 0.0476. The van der Waals surface area contributed by atoms with E-state index in [4.69, 9.17) is 0 Å². The van der Waals surface area contributed by atoms with Gasteiger partial charge in [-0.15, -0.1) is 0 Å². The van der Waals surface area contributed by atoms with E-state index in [9.17, 15) is 14.9 Å². The second-order valence-corrected chi connectivity index (χ2v) is 7.81. The number of nitriles is 1. The summed E-state index contributed by atoms with van der Waals surface area (Å²) in [6.07, 6.45) is 0. The Morgan fingerprint density at radius 1 is 1.17 bits per heavy atom. The van der Waals surface area contributed by atoms with Gasteiger partial charge < -0.3 is 15.2 Å². The maximum atomic E-state index is 12.3. The van der Waals surface area contributed by atoms with Crippen molar-refractivity contribution >= 4 is 29.0 Å². The minimum atomic E-state index is -0.523. The molecule has 152 valence electrons. The lowest BCUT2D eigenvalue weighted by Gasteiger charge is -2.13. The van der Waals surface area contributed by atoms with Gasteiger partial charge in [0.15, 0.2) is 5.16 Å². The topological polar surface area (TPSA) is 102 Å². The van der Waals surface area contributed by atoms with Crippen LogP contribution < -0.4 is 15.8 Å². The van der Waals surface area contributed by atoms with Gasteiger partial charge in [-0.2, -0.15) is 5.26 Å². The van der Waals surface area contributed by atoms with Gasteiger partial charge in [0.25, 0.3) is 5.56 Å². The average molecular weight is 420 g/mol. The number of benzene rings is 2. The molecule has 0 fully saturated rings. The van der Waals surface area contributed by atoms with Gasteiger partial charge >= 0.3 is 0 Å². The Balaban J connectivity index is 1.73. The zero-order valence-corrected chi connectivity index (χ0v) is 17.7. The number of nitrogens with one attached hydrogen (secondary N) is 2. The quantitative estimate of drug-likeness (QED) is 0.469. The summed E-state index contributed by atoms with van der Waals surface area (Å²) in [4.78, 5) is 33.6. The molecule has 0 radical (unpaired) electrons. The Morgan fingerprint density at radius 3 is 2.43 bits per heavy atom. The molecule has 7 nitrogen and oxygen atoms in total. The fraction of sp³-hybridized carbons (Fsp3) is 0.182. The van der Waals surface area contributed by atoms with Gasteiger partial charge in [0.1, 0.15) is 11.6 Å². The molecule has 0 aliphatic heterocycles. The molecule has 1 heterocycles. The third-order valence-corrected chi connectivity index (χ3v) is 5.22. The Morgan fingerprint density at radius 2 is 1.83 bits per heavy atom. The van der Waals surface area contributed by atoms with Crippen LogP contribution in [-0.4, -0.2) is 35.7 Å². The number of amides is 1. The largest absolute Gasteiger partial charge is 0.378 e. The van der Waals surface area contributed by atoms with Crippen molar-refractivity contribution in [2.45, 2.75) is 12.1 Å². The number of rotatable bonds is 6. The maximum absolute atomic E-state index is 12.3. The Kier molecular flexibility index (Phi) is 6.54. The molecular formula is C22H21N5O2S. The van der Waals surface area contributed by atoms with Gasteiger partial charge in [-0.25, -0.2) is 4.98 Å². The molecule has 0 saturated carbocycles. The Hall–Kier alpha value is -3.57. The second-order valence-electron chi connectivity index (χ2n) is 6.85. The number of hydrogen-bond acceptors (Lipinski definition) is 6. The molecule has 0 unspecified atom stereocenters. The molecule has 0 saturated heterocycles. The number of aromatic amines is 1.